The molecular formula is C19H20N4O2. The standard InChI is InChI=1S/C19H20N4O2/c24-18(9-8-16-5-2-1-3-6-16)22-11-13-23(14-12-22)19(25)21-17-7-4-10-20-15-17/h1-10,15H,11-14H2,(H,21,25)/b9-8+. The van der Waals surface area contributed by atoms with Gasteiger partial charge in [0, 0.05) is 38.5 Å². The van der Waals surface area contributed by atoms with E-state index in [-0.39, 0.29) is 11.9 Å². The van der Waals surface area contributed by atoms with Gasteiger partial charge in [-0.25, -0.2) is 4.79 Å². The van der Waals surface area contributed by atoms with Crippen LogP contribution >= 0.6 is 0 Å². The van der Waals surface area contributed by atoms with Crippen molar-refractivity contribution in [3.63, 3.8) is 0 Å². The number of piperazine rings is 1. The third-order valence-corrected chi connectivity index (χ3v) is 4.01. The van der Waals surface area contributed by atoms with Gasteiger partial charge in [0.1, 0.15) is 0 Å². The van der Waals surface area contributed by atoms with Crippen molar-refractivity contribution in [3.8, 4) is 0 Å². The molecule has 0 spiro atoms. The maximum atomic E-state index is 12.3. The smallest absolute Gasteiger partial charge is 0.322 e. The molecule has 2 heterocycles. The number of rotatable bonds is 3. The Labute approximate surface area is 146 Å². The number of nitrogens with one attached hydrogen (secondary N) is 1. The molecule has 3 amide bonds. The summed E-state index contributed by atoms with van der Waals surface area (Å²) in [6, 6.07) is 13.1. The summed E-state index contributed by atoms with van der Waals surface area (Å²) in [5, 5.41) is 2.81. The van der Waals surface area contributed by atoms with Gasteiger partial charge < -0.3 is 15.1 Å². The number of anilines is 1. The van der Waals surface area contributed by atoms with Gasteiger partial charge in [-0.1, -0.05) is 30.3 Å². The highest BCUT2D eigenvalue weighted by molar-refractivity contribution is 5.92. The molecule has 1 N–H and O–H groups in total. The first-order valence-corrected chi connectivity index (χ1v) is 8.20. The highest BCUT2D eigenvalue weighted by atomic mass is 16.2. The monoisotopic (exact) mass is 336 g/mol. The number of hydrogen-bond acceptors (Lipinski definition) is 3. The molecule has 25 heavy (non-hydrogen) atoms. The lowest BCUT2D eigenvalue weighted by molar-refractivity contribution is -0.127. The molecule has 1 saturated heterocycles. The fourth-order valence-electron chi connectivity index (χ4n) is 2.61. The first-order valence-electron chi connectivity index (χ1n) is 8.20. The van der Waals surface area contributed by atoms with Crippen LogP contribution in [0.25, 0.3) is 6.08 Å². The summed E-state index contributed by atoms with van der Waals surface area (Å²) >= 11 is 0. The molecule has 1 fully saturated rings. The van der Waals surface area contributed by atoms with Crippen LogP contribution in [0.3, 0.4) is 0 Å². The molecule has 1 aliphatic rings. The molecule has 1 aliphatic heterocycles. The molecular weight excluding hydrogens is 316 g/mol. The number of aromatic nitrogens is 1. The Hall–Kier alpha value is -3.15. The molecule has 0 unspecified atom stereocenters. The van der Waals surface area contributed by atoms with E-state index in [1.807, 2.05) is 36.4 Å². The van der Waals surface area contributed by atoms with Crippen LogP contribution in [0.1, 0.15) is 5.56 Å². The van der Waals surface area contributed by atoms with Gasteiger partial charge in [-0.2, -0.15) is 0 Å². The maximum Gasteiger partial charge on any atom is 0.322 e. The SMILES string of the molecule is O=C(/C=C/c1ccccc1)N1CCN(C(=O)Nc2cccnc2)CC1. The number of nitrogens with zero attached hydrogens (tertiary/aromatic N) is 3. The zero-order valence-electron chi connectivity index (χ0n) is 13.8. The second-order valence-electron chi connectivity index (χ2n) is 5.73. The number of urea groups is 1. The molecule has 6 heteroatoms. The van der Waals surface area contributed by atoms with Crippen molar-refractivity contribution in [2.45, 2.75) is 0 Å². The summed E-state index contributed by atoms with van der Waals surface area (Å²) in [7, 11) is 0. The predicted octanol–water partition coefficient (Wildman–Crippen LogP) is 2.47. The van der Waals surface area contributed by atoms with Crippen molar-refractivity contribution >= 4 is 23.7 Å². The minimum Gasteiger partial charge on any atom is -0.336 e. The molecule has 0 atom stereocenters. The highest BCUT2D eigenvalue weighted by Gasteiger charge is 2.23. The average molecular weight is 336 g/mol. The van der Waals surface area contributed by atoms with E-state index in [0.29, 0.717) is 31.9 Å². The summed E-state index contributed by atoms with van der Waals surface area (Å²) in [5.74, 6) is -0.0313. The van der Waals surface area contributed by atoms with Crippen LogP contribution < -0.4 is 5.32 Å². The number of benzene rings is 1. The summed E-state index contributed by atoms with van der Waals surface area (Å²) < 4.78 is 0. The van der Waals surface area contributed by atoms with Crippen molar-refractivity contribution in [3.05, 3.63) is 66.5 Å². The van der Waals surface area contributed by atoms with E-state index in [4.69, 9.17) is 0 Å². The molecule has 2 aromatic rings. The Morgan fingerprint density at radius 1 is 0.960 bits per heavy atom. The van der Waals surface area contributed by atoms with Crippen LogP contribution in [-0.4, -0.2) is 52.9 Å². The molecule has 128 valence electrons. The summed E-state index contributed by atoms with van der Waals surface area (Å²) in [5.41, 5.74) is 1.65. The zero-order valence-corrected chi connectivity index (χ0v) is 13.8. The summed E-state index contributed by atoms with van der Waals surface area (Å²) in [6.07, 6.45) is 6.65. The van der Waals surface area contributed by atoms with Gasteiger partial charge in [0.15, 0.2) is 0 Å². The molecule has 0 bridgehead atoms. The van der Waals surface area contributed by atoms with Crippen LogP contribution in [0.4, 0.5) is 10.5 Å². The minimum atomic E-state index is -0.167. The van der Waals surface area contributed by atoms with E-state index in [0.717, 1.165) is 5.56 Å². The van der Waals surface area contributed by atoms with Gasteiger partial charge in [-0.05, 0) is 23.8 Å². The topological polar surface area (TPSA) is 65.5 Å². The number of hydrogen-bond donors (Lipinski definition) is 1. The van der Waals surface area contributed by atoms with Gasteiger partial charge in [0.05, 0.1) is 11.9 Å². The molecule has 0 radical (unpaired) electrons. The molecule has 6 nitrogen and oxygen atoms in total. The summed E-state index contributed by atoms with van der Waals surface area (Å²) in [4.78, 5) is 31.9. The van der Waals surface area contributed by atoms with Crippen molar-refractivity contribution < 1.29 is 9.59 Å². The molecule has 0 aliphatic carbocycles. The Balaban J connectivity index is 1.49. The Bertz CT molecular complexity index is 739. The number of carbonyl (C=O) groups excluding carboxylic acids is 2. The van der Waals surface area contributed by atoms with Gasteiger partial charge in [-0.15, -0.1) is 0 Å². The van der Waals surface area contributed by atoms with E-state index in [2.05, 4.69) is 10.3 Å². The molecule has 1 aromatic carbocycles. The molecule has 0 saturated carbocycles. The summed E-state index contributed by atoms with van der Waals surface area (Å²) in [6.45, 7) is 2.07. The average Bonchev–Trinajstić information content (AvgIpc) is 2.68. The predicted molar refractivity (Wildman–Crippen MR) is 96.9 cm³/mol. The minimum absolute atomic E-state index is 0.0313. The molecule has 3 rings (SSSR count). The largest absolute Gasteiger partial charge is 0.336 e. The van der Waals surface area contributed by atoms with Crippen LogP contribution in [-0.2, 0) is 4.79 Å². The highest BCUT2D eigenvalue weighted by Crippen LogP contribution is 2.09. The van der Waals surface area contributed by atoms with Gasteiger partial charge in [-0.3, -0.25) is 9.78 Å². The lowest BCUT2D eigenvalue weighted by Crippen LogP contribution is -2.51. The number of pyridine rings is 1. The molecule has 1 aromatic heterocycles. The fraction of sp³-hybridized carbons (Fsp3) is 0.211. The van der Waals surface area contributed by atoms with Crippen molar-refractivity contribution in [2.24, 2.45) is 0 Å². The maximum absolute atomic E-state index is 12.3. The second kappa shape index (κ2) is 8.10. The Morgan fingerprint density at radius 3 is 2.36 bits per heavy atom. The van der Waals surface area contributed by atoms with Gasteiger partial charge in [0.25, 0.3) is 0 Å². The van der Waals surface area contributed by atoms with Crippen molar-refractivity contribution in [1.82, 2.24) is 14.8 Å². The Morgan fingerprint density at radius 2 is 1.68 bits per heavy atom. The van der Waals surface area contributed by atoms with Crippen LogP contribution in [0.2, 0.25) is 0 Å². The quantitative estimate of drug-likeness (QED) is 0.876. The normalized spacial score (nSPS) is 14.6. The van der Waals surface area contributed by atoms with E-state index < -0.39 is 0 Å². The zero-order chi connectivity index (χ0) is 17.5. The van der Waals surface area contributed by atoms with Gasteiger partial charge >= 0.3 is 6.03 Å². The van der Waals surface area contributed by atoms with E-state index in [9.17, 15) is 9.59 Å². The van der Waals surface area contributed by atoms with Crippen LogP contribution in [0.15, 0.2) is 60.9 Å². The van der Waals surface area contributed by atoms with Crippen molar-refractivity contribution in [2.75, 3.05) is 31.5 Å². The fourth-order valence-corrected chi connectivity index (χ4v) is 2.61. The third kappa shape index (κ3) is 4.67. The van der Waals surface area contributed by atoms with E-state index >= 15 is 0 Å². The van der Waals surface area contributed by atoms with Gasteiger partial charge in [0.2, 0.25) is 5.91 Å². The Kier molecular flexibility index (Phi) is 5.41. The van der Waals surface area contributed by atoms with E-state index in [1.54, 1.807) is 40.4 Å². The first kappa shape index (κ1) is 16.7. The van der Waals surface area contributed by atoms with Crippen LogP contribution in [0, 0.1) is 0 Å². The lowest BCUT2D eigenvalue weighted by Gasteiger charge is -2.34. The third-order valence-electron chi connectivity index (χ3n) is 4.01. The second-order valence-corrected chi connectivity index (χ2v) is 5.73. The number of amides is 3. The lowest BCUT2D eigenvalue weighted by atomic mass is 10.2. The van der Waals surface area contributed by atoms with Crippen molar-refractivity contribution in [1.29, 1.82) is 0 Å². The van der Waals surface area contributed by atoms with Crippen LogP contribution in [0.5, 0.6) is 0 Å². The first-order chi connectivity index (χ1) is 12.2. The van der Waals surface area contributed by atoms with E-state index in [1.165, 1.54) is 0 Å². The number of carbonyl (C=O) groups is 2.